The van der Waals surface area contributed by atoms with Crippen molar-refractivity contribution in [2.75, 3.05) is 7.05 Å². The first-order valence-corrected chi connectivity index (χ1v) is 5.82. The smallest absolute Gasteiger partial charge is 0.0745 e. The van der Waals surface area contributed by atoms with Gasteiger partial charge >= 0.3 is 0 Å². The molecule has 0 saturated heterocycles. The van der Waals surface area contributed by atoms with E-state index in [0.29, 0.717) is 0 Å². The molecule has 0 unspecified atom stereocenters. The Hall–Kier alpha value is -1.78. The minimum atomic E-state index is -0.147. The van der Waals surface area contributed by atoms with E-state index in [0.717, 1.165) is 5.56 Å². The van der Waals surface area contributed by atoms with Crippen molar-refractivity contribution >= 4 is 10.8 Å². The van der Waals surface area contributed by atoms with Crippen LogP contribution in [0.4, 0.5) is 0 Å². The molecule has 0 fully saturated rings. The second kappa shape index (κ2) is 4.61. The second-order valence-electron chi connectivity index (χ2n) is 4.69. The fourth-order valence-electron chi connectivity index (χ4n) is 1.56. The Morgan fingerprint density at radius 1 is 1.00 bits per heavy atom. The summed E-state index contributed by atoms with van der Waals surface area (Å²) in [6, 6.07) is 14.7. The van der Waals surface area contributed by atoms with Crippen LogP contribution in [0.25, 0.3) is 10.8 Å². The van der Waals surface area contributed by atoms with Gasteiger partial charge in [-0.05, 0) is 43.8 Å². The van der Waals surface area contributed by atoms with Gasteiger partial charge in [-0.2, -0.15) is 0 Å². The van der Waals surface area contributed by atoms with Crippen LogP contribution >= 0.6 is 0 Å². The van der Waals surface area contributed by atoms with Crippen molar-refractivity contribution in [2.45, 2.75) is 19.4 Å². The Morgan fingerprint density at radius 2 is 1.71 bits per heavy atom. The van der Waals surface area contributed by atoms with E-state index in [1.165, 1.54) is 10.8 Å². The zero-order chi connectivity index (χ0) is 12.3. The maximum absolute atomic E-state index is 3.23. The maximum atomic E-state index is 3.23. The topological polar surface area (TPSA) is 12.0 Å². The van der Waals surface area contributed by atoms with Crippen LogP contribution in [-0.2, 0) is 0 Å². The van der Waals surface area contributed by atoms with E-state index in [1.54, 1.807) is 0 Å². The van der Waals surface area contributed by atoms with Crippen LogP contribution < -0.4 is 5.32 Å². The third-order valence-electron chi connectivity index (χ3n) is 2.89. The fourth-order valence-corrected chi connectivity index (χ4v) is 1.56. The molecular formula is C16H17N. The average Bonchev–Trinajstić information content (AvgIpc) is 2.36. The highest BCUT2D eigenvalue weighted by Gasteiger charge is 2.08. The molecule has 0 aliphatic carbocycles. The highest BCUT2D eigenvalue weighted by atomic mass is 14.9. The average molecular weight is 223 g/mol. The summed E-state index contributed by atoms with van der Waals surface area (Å²) in [5, 5.41) is 5.67. The van der Waals surface area contributed by atoms with Crippen molar-refractivity contribution in [1.29, 1.82) is 0 Å². The molecule has 0 atom stereocenters. The Bertz CT molecular complexity index is 585. The SMILES string of the molecule is CNC(C)(C)C#Cc1ccc2ccccc2c1. The van der Waals surface area contributed by atoms with E-state index in [2.05, 4.69) is 73.5 Å². The monoisotopic (exact) mass is 223 g/mol. The van der Waals surface area contributed by atoms with Gasteiger partial charge in [-0.15, -0.1) is 0 Å². The Kier molecular flexibility index (Phi) is 3.17. The van der Waals surface area contributed by atoms with Gasteiger partial charge in [-0.3, -0.25) is 0 Å². The molecule has 0 spiro atoms. The van der Waals surface area contributed by atoms with Gasteiger partial charge < -0.3 is 5.32 Å². The summed E-state index contributed by atoms with van der Waals surface area (Å²) >= 11 is 0. The van der Waals surface area contributed by atoms with Crippen LogP contribution in [0.5, 0.6) is 0 Å². The molecule has 1 heteroatoms. The number of hydrogen-bond donors (Lipinski definition) is 1. The first kappa shape index (κ1) is 11.7. The van der Waals surface area contributed by atoms with Crippen LogP contribution in [-0.4, -0.2) is 12.6 Å². The molecule has 0 aliphatic rings. The molecule has 0 bridgehead atoms. The second-order valence-corrected chi connectivity index (χ2v) is 4.69. The lowest BCUT2D eigenvalue weighted by atomic mass is 10.0. The number of fused-ring (bicyclic) bond motifs is 1. The lowest BCUT2D eigenvalue weighted by Crippen LogP contribution is -2.34. The summed E-state index contributed by atoms with van der Waals surface area (Å²) in [7, 11) is 1.93. The molecule has 2 rings (SSSR count). The van der Waals surface area contributed by atoms with Crippen LogP contribution in [0.3, 0.4) is 0 Å². The summed E-state index contributed by atoms with van der Waals surface area (Å²) in [5.41, 5.74) is 0.915. The summed E-state index contributed by atoms with van der Waals surface area (Å²) in [6.07, 6.45) is 0. The van der Waals surface area contributed by atoms with E-state index >= 15 is 0 Å². The summed E-state index contributed by atoms with van der Waals surface area (Å²) in [5.74, 6) is 6.44. The fraction of sp³-hybridized carbons (Fsp3) is 0.250. The van der Waals surface area contributed by atoms with Crippen molar-refractivity contribution in [3.8, 4) is 11.8 Å². The van der Waals surface area contributed by atoms with Gasteiger partial charge in [0, 0.05) is 5.56 Å². The molecule has 0 aliphatic heterocycles. The van der Waals surface area contributed by atoms with Crippen LogP contribution in [0, 0.1) is 11.8 Å². The van der Waals surface area contributed by atoms with Gasteiger partial charge in [0.15, 0.2) is 0 Å². The van der Waals surface area contributed by atoms with E-state index in [9.17, 15) is 0 Å². The molecule has 86 valence electrons. The van der Waals surface area contributed by atoms with Crippen molar-refractivity contribution in [1.82, 2.24) is 5.32 Å². The van der Waals surface area contributed by atoms with Crippen LogP contribution in [0.1, 0.15) is 19.4 Å². The molecule has 0 radical (unpaired) electrons. The minimum absolute atomic E-state index is 0.147. The highest BCUT2D eigenvalue weighted by molar-refractivity contribution is 5.83. The van der Waals surface area contributed by atoms with Gasteiger partial charge in [0.1, 0.15) is 0 Å². The van der Waals surface area contributed by atoms with Gasteiger partial charge in [-0.1, -0.05) is 42.2 Å². The van der Waals surface area contributed by atoms with Crippen molar-refractivity contribution in [2.24, 2.45) is 0 Å². The van der Waals surface area contributed by atoms with Gasteiger partial charge in [0.25, 0.3) is 0 Å². The predicted octanol–water partition coefficient (Wildman–Crippen LogP) is 3.19. The molecule has 2 aromatic rings. The lowest BCUT2D eigenvalue weighted by molar-refractivity contribution is 0.548. The molecule has 17 heavy (non-hydrogen) atoms. The number of hydrogen-bond acceptors (Lipinski definition) is 1. The van der Waals surface area contributed by atoms with Crippen molar-refractivity contribution in [3.63, 3.8) is 0 Å². The minimum Gasteiger partial charge on any atom is -0.305 e. The molecule has 2 aromatic carbocycles. The summed E-state index contributed by atoms with van der Waals surface area (Å²) in [6.45, 7) is 4.14. The van der Waals surface area contributed by atoms with Gasteiger partial charge in [0.05, 0.1) is 5.54 Å². The standard InChI is InChI=1S/C16H17N/c1-16(2,17-3)11-10-13-8-9-14-6-4-5-7-15(14)12-13/h4-9,12,17H,1-3H3. The Labute approximate surface area is 103 Å². The third kappa shape index (κ3) is 2.87. The van der Waals surface area contributed by atoms with Crippen LogP contribution in [0.2, 0.25) is 0 Å². The molecular weight excluding hydrogens is 206 g/mol. The predicted molar refractivity (Wildman–Crippen MR) is 74.0 cm³/mol. The number of rotatable bonds is 1. The van der Waals surface area contributed by atoms with Gasteiger partial charge in [-0.25, -0.2) is 0 Å². The van der Waals surface area contributed by atoms with E-state index in [-0.39, 0.29) is 5.54 Å². The first-order chi connectivity index (χ1) is 8.11. The zero-order valence-corrected chi connectivity index (χ0v) is 10.5. The van der Waals surface area contributed by atoms with E-state index < -0.39 is 0 Å². The Balaban J connectivity index is 2.37. The molecule has 0 amide bonds. The number of nitrogens with one attached hydrogen (secondary N) is 1. The molecule has 0 heterocycles. The maximum Gasteiger partial charge on any atom is 0.0745 e. The first-order valence-electron chi connectivity index (χ1n) is 5.82. The molecule has 1 N–H and O–H groups in total. The molecule has 1 nitrogen and oxygen atoms in total. The summed E-state index contributed by atoms with van der Waals surface area (Å²) in [4.78, 5) is 0. The normalized spacial score (nSPS) is 11.0. The van der Waals surface area contributed by atoms with Crippen LogP contribution in [0.15, 0.2) is 42.5 Å². The Morgan fingerprint density at radius 3 is 2.41 bits per heavy atom. The molecule has 0 aromatic heterocycles. The van der Waals surface area contributed by atoms with Crippen molar-refractivity contribution in [3.05, 3.63) is 48.0 Å². The quantitative estimate of drug-likeness (QED) is 0.732. The van der Waals surface area contributed by atoms with Gasteiger partial charge in [0.2, 0.25) is 0 Å². The van der Waals surface area contributed by atoms with E-state index in [4.69, 9.17) is 0 Å². The third-order valence-corrected chi connectivity index (χ3v) is 2.89. The largest absolute Gasteiger partial charge is 0.305 e. The van der Waals surface area contributed by atoms with E-state index in [1.807, 2.05) is 7.05 Å². The zero-order valence-electron chi connectivity index (χ0n) is 10.5. The highest BCUT2D eigenvalue weighted by Crippen LogP contribution is 2.15. The summed E-state index contributed by atoms with van der Waals surface area (Å²) < 4.78 is 0. The van der Waals surface area contributed by atoms with Crippen molar-refractivity contribution < 1.29 is 0 Å². The molecule has 0 saturated carbocycles. The number of benzene rings is 2. The lowest BCUT2D eigenvalue weighted by Gasteiger charge is -2.15.